The second-order valence-electron chi connectivity index (χ2n) is 5.94. The van der Waals surface area contributed by atoms with Crippen LogP contribution in [-0.2, 0) is 5.41 Å². The molecule has 0 fully saturated rings. The Bertz CT molecular complexity index is 987. The highest BCUT2D eigenvalue weighted by Crippen LogP contribution is 2.40. The highest BCUT2D eigenvalue weighted by molar-refractivity contribution is 6.12. The van der Waals surface area contributed by atoms with E-state index in [1.807, 2.05) is 19.9 Å². The molecule has 0 spiro atoms. The van der Waals surface area contributed by atoms with Crippen molar-refractivity contribution in [2.45, 2.75) is 26.2 Å². The van der Waals surface area contributed by atoms with Gasteiger partial charge in [0.1, 0.15) is 5.69 Å². The highest BCUT2D eigenvalue weighted by atomic mass is 16.2. The first-order chi connectivity index (χ1) is 10.3. The number of carbonyl (C=O) groups is 1. The molecule has 2 N–H and O–H groups in total. The largest absolute Gasteiger partial charge is 0.326 e. The van der Waals surface area contributed by atoms with Crippen LogP contribution in [0.2, 0.25) is 0 Å². The summed E-state index contributed by atoms with van der Waals surface area (Å²) >= 11 is 0. The van der Waals surface area contributed by atoms with E-state index >= 15 is 0 Å². The Kier molecular flexibility index (Phi) is 2.72. The van der Waals surface area contributed by atoms with Gasteiger partial charge in [0.25, 0.3) is 5.56 Å². The number of aromatic amines is 2. The van der Waals surface area contributed by atoms with Gasteiger partial charge in [-0.15, -0.1) is 0 Å². The SMILES string of the molecule is Cc1cc(C#N)cc2c1C(C)(C)c1c([nH]c(=O)[nH]c1=O)C2=O. The van der Waals surface area contributed by atoms with E-state index in [1.165, 1.54) is 6.07 Å². The lowest BCUT2D eigenvalue weighted by Gasteiger charge is -2.34. The van der Waals surface area contributed by atoms with Gasteiger partial charge in [-0.2, -0.15) is 5.26 Å². The van der Waals surface area contributed by atoms with Crippen LogP contribution in [-0.4, -0.2) is 15.8 Å². The van der Waals surface area contributed by atoms with Crippen molar-refractivity contribution in [2.24, 2.45) is 0 Å². The van der Waals surface area contributed by atoms with Gasteiger partial charge in [0.15, 0.2) is 0 Å². The molecule has 22 heavy (non-hydrogen) atoms. The van der Waals surface area contributed by atoms with Crippen molar-refractivity contribution in [3.05, 3.63) is 66.5 Å². The normalized spacial score (nSPS) is 14.9. The molecule has 0 bridgehead atoms. The minimum absolute atomic E-state index is 0.000685. The van der Waals surface area contributed by atoms with Gasteiger partial charge >= 0.3 is 5.69 Å². The fourth-order valence-corrected chi connectivity index (χ4v) is 3.37. The first-order valence-electron chi connectivity index (χ1n) is 6.74. The van der Waals surface area contributed by atoms with Gasteiger partial charge in [0, 0.05) is 11.0 Å². The summed E-state index contributed by atoms with van der Waals surface area (Å²) in [7, 11) is 0. The number of carbonyl (C=O) groups excluding carboxylic acids is 1. The molecule has 0 unspecified atom stereocenters. The predicted molar refractivity (Wildman–Crippen MR) is 79.1 cm³/mol. The Morgan fingerprint density at radius 1 is 1.09 bits per heavy atom. The first-order valence-corrected chi connectivity index (χ1v) is 6.74. The van der Waals surface area contributed by atoms with E-state index in [0.29, 0.717) is 16.7 Å². The molecular weight excluding hydrogens is 282 g/mol. The van der Waals surface area contributed by atoms with Crippen LogP contribution in [0.3, 0.4) is 0 Å². The molecule has 3 rings (SSSR count). The van der Waals surface area contributed by atoms with Crippen LogP contribution < -0.4 is 11.2 Å². The van der Waals surface area contributed by atoms with Crippen LogP contribution in [0.15, 0.2) is 21.7 Å². The van der Waals surface area contributed by atoms with Crippen LogP contribution in [0, 0.1) is 18.3 Å². The number of nitrogens with zero attached hydrogens (tertiary/aromatic N) is 1. The molecule has 0 aliphatic heterocycles. The Hall–Kier alpha value is -2.94. The van der Waals surface area contributed by atoms with Gasteiger partial charge in [-0.25, -0.2) is 4.79 Å². The van der Waals surface area contributed by atoms with Crippen molar-refractivity contribution in [3.8, 4) is 6.07 Å². The molecule has 1 aliphatic rings. The average Bonchev–Trinajstić information content (AvgIpc) is 2.42. The molecule has 1 aromatic heterocycles. The second-order valence-corrected chi connectivity index (χ2v) is 5.94. The van der Waals surface area contributed by atoms with Gasteiger partial charge in [-0.05, 0) is 30.2 Å². The van der Waals surface area contributed by atoms with Crippen LogP contribution >= 0.6 is 0 Å². The number of benzene rings is 1. The zero-order valence-electron chi connectivity index (χ0n) is 12.3. The summed E-state index contributed by atoms with van der Waals surface area (Å²) in [6.45, 7) is 5.45. The van der Waals surface area contributed by atoms with Crippen molar-refractivity contribution < 1.29 is 4.79 Å². The number of aromatic nitrogens is 2. The number of H-pyrrole nitrogens is 2. The zero-order valence-corrected chi connectivity index (χ0v) is 12.3. The van der Waals surface area contributed by atoms with Crippen molar-refractivity contribution in [1.82, 2.24) is 9.97 Å². The predicted octanol–water partition coefficient (Wildman–Crippen LogP) is 1.11. The van der Waals surface area contributed by atoms with Crippen molar-refractivity contribution in [2.75, 3.05) is 0 Å². The van der Waals surface area contributed by atoms with E-state index in [-0.39, 0.29) is 11.3 Å². The summed E-state index contributed by atoms with van der Waals surface area (Å²) < 4.78 is 0. The monoisotopic (exact) mass is 295 g/mol. The summed E-state index contributed by atoms with van der Waals surface area (Å²) in [4.78, 5) is 41.0. The molecule has 6 heteroatoms. The van der Waals surface area contributed by atoms with Crippen molar-refractivity contribution in [3.63, 3.8) is 0 Å². The van der Waals surface area contributed by atoms with Crippen LogP contribution in [0.25, 0.3) is 0 Å². The van der Waals surface area contributed by atoms with Crippen LogP contribution in [0.4, 0.5) is 0 Å². The molecule has 1 aliphatic carbocycles. The average molecular weight is 295 g/mol. The topological polar surface area (TPSA) is 107 Å². The number of nitrogens with one attached hydrogen (secondary N) is 2. The van der Waals surface area contributed by atoms with Crippen molar-refractivity contribution in [1.29, 1.82) is 5.26 Å². The van der Waals surface area contributed by atoms with E-state index in [0.717, 1.165) is 5.56 Å². The number of hydrogen-bond donors (Lipinski definition) is 2. The maximum atomic E-state index is 12.7. The number of ketones is 1. The fourth-order valence-electron chi connectivity index (χ4n) is 3.37. The minimum atomic E-state index is -0.756. The second kappa shape index (κ2) is 4.28. The molecule has 0 saturated carbocycles. The Balaban J connectivity index is 2.49. The number of aryl methyl sites for hydroxylation is 1. The molecule has 0 saturated heterocycles. The summed E-state index contributed by atoms with van der Waals surface area (Å²) in [6.07, 6.45) is 0. The number of nitriles is 1. The third-order valence-corrected chi connectivity index (χ3v) is 4.13. The Morgan fingerprint density at radius 2 is 1.77 bits per heavy atom. The van der Waals surface area contributed by atoms with Crippen LogP contribution in [0.1, 0.15) is 52.2 Å². The van der Waals surface area contributed by atoms with Crippen molar-refractivity contribution >= 4 is 5.78 Å². The molecule has 6 nitrogen and oxygen atoms in total. The Morgan fingerprint density at radius 3 is 2.41 bits per heavy atom. The number of hydrogen-bond acceptors (Lipinski definition) is 4. The van der Waals surface area contributed by atoms with E-state index < -0.39 is 22.4 Å². The minimum Gasteiger partial charge on any atom is -0.304 e. The fraction of sp³-hybridized carbons (Fsp3) is 0.250. The molecule has 2 aromatic rings. The lowest BCUT2D eigenvalue weighted by atomic mass is 9.68. The molecular formula is C16H13N3O3. The molecule has 0 amide bonds. The van der Waals surface area contributed by atoms with E-state index in [1.54, 1.807) is 13.0 Å². The van der Waals surface area contributed by atoms with Crippen LogP contribution in [0.5, 0.6) is 0 Å². The van der Waals surface area contributed by atoms with Gasteiger partial charge in [0.2, 0.25) is 5.78 Å². The third-order valence-electron chi connectivity index (χ3n) is 4.13. The lowest BCUT2D eigenvalue weighted by Crippen LogP contribution is -2.42. The number of rotatable bonds is 0. The molecule has 1 heterocycles. The van der Waals surface area contributed by atoms with E-state index in [4.69, 9.17) is 5.26 Å². The third kappa shape index (κ3) is 1.69. The van der Waals surface area contributed by atoms with Gasteiger partial charge in [-0.3, -0.25) is 14.6 Å². The van der Waals surface area contributed by atoms with E-state index in [9.17, 15) is 14.4 Å². The Labute approximate surface area is 125 Å². The molecule has 1 aromatic carbocycles. The van der Waals surface area contributed by atoms with Gasteiger partial charge in [-0.1, -0.05) is 13.8 Å². The first kappa shape index (κ1) is 14.0. The maximum absolute atomic E-state index is 12.7. The van der Waals surface area contributed by atoms with Gasteiger partial charge in [0.05, 0.1) is 17.2 Å². The molecule has 110 valence electrons. The lowest BCUT2D eigenvalue weighted by molar-refractivity contribution is 0.102. The quantitative estimate of drug-likeness (QED) is 0.759. The van der Waals surface area contributed by atoms with E-state index in [2.05, 4.69) is 9.97 Å². The molecule has 0 atom stereocenters. The standard InChI is InChI=1S/C16H13N3O3/c1-7-4-8(6-17)5-9-10(7)16(2,3)11-12(13(9)20)18-15(22)19-14(11)21/h4-5H,1-3H3,(H2,18,19,21,22). The summed E-state index contributed by atoms with van der Waals surface area (Å²) in [5, 5.41) is 9.09. The summed E-state index contributed by atoms with van der Waals surface area (Å²) in [5.41, 5.74) is 0.416. The number of fused-ring (bicyclic) bond motifs is 2. The zero-order chi connectivity index (χ0) is 16.2. The summed E-state index contributed by atoms with van der Waals surface area (Å²) in [6, 6.07) is 5.22. The smallest absolute Gasteiger partial charge is 0.304 e. The maximum Gasteiger partial charge on any atom is 0.326 e. The highest BCUT2D eigenvalue weighted by Gasteiger charge is 2.41. The summed E-state index contributed by atoms with van der Waals surface area (Å²) in [5.74, 6) is -0.437. The molecule has 0 radical (unpaired) electrons. The van der Waals surface area contributed by atoms with Gasteiger partial charge < -0.3 is 4.98 Å².